The minimum atomic E-state index is -0.987. The number of carboxylic acid groups (broad SMARTS) is 1. The lowest BCUT2D eigenvalue weighted by Gasteiger charge is -2.09. The van der Waals surface area contributed by atoms with Gasteiger partial charge in [-0.05, 0) is 25.3 Å². The van der Waals surface area contributed by atoms with Crippen molar-refractivity contribution in [3.05, 3.63) is 36.5 Å². The number of amides is 1. The Morgan fingerprint density at radius 3 is 2.38 bits per heavy atom. The van der Waals surface area contributed by atoms with Crippen LogP contribution in [0.2, 0.25) is 0 Å². The van der Waals surface area contributed by atoms with Gasteiger partial charge in [0.2, 0.25) is 5.91 Å². The van der Waals surface area contributed by atoms with E-state index < -0.39 is 11.9 Å². The molecule has 0 saturated carbocycles. The quantitative estimate of drug-likeness (QED) is 0.476. The van der Waals surface area contributed by atoms with Crippen molar-refractivity contribution in [2.75, 3.05) is 0 Å². The van der Waals surface area contributed by atoms with Gasteiger partial charge in [-0.15, -0.1) is 0 Å². The molecule has 0 radical (unpaired) electrons. The minimum Gasteiger partial charge on any atom is -0.481 e. The molecule has 5 heteroatoms. The number of primary amides is 1. The van der Waals surface area contributed by atoms with E-state index >= 15 is 0 Å². The molecule has 0 heterocycles. The number of rotatable bonds is 10. The molecule has 1 amide bonds. The highest BCUT2D eigenvalue weighted by Gasteiger charge is 2.15. The number of carbonyl (C=O) groups is 3. The largest absolute Gasteiger partial charge is 0.481 e. The van der Waals surface area contributed by atoms with Gasteiger partial charge in [-0.3, -0.25) is 14.4 Å². The van der Waals surface area contributed by atoms with Crippen LogP contribution < -0.4 is 5.73 Å². The number of hydrogen-bond acceptors (Lipinski definition) is 3. The van der Waals surface area contributed by atoms with Crippen LogP contribution in [0.3, 0.4) is 0 Å². The van der Waals surface area contributed by atoms with Gasteiger partial charge in [0.15, 0.2) is 5.78 Å². The highest BCUT2D eigenvalue weighted by Crippen LogP contribution is 2.14. The van der Waals surface area contributed by atoms with Gasteiger partial charge in [0.1, 0.15) is 0 Å². The molecule has 0 aliphatic heterocycles. The van der Waals surface area contributed by atoms with Gasteiger partial charge >= 0.3 is 5.97 Å². The maximum Gasteiger partial charge on any atom is 0.303 e. The molecule has 0 spiro atoms. The lowest BCUT2D eigenvalue weighted by atomic mass is 9.96. The fourth-order valence-electron chi connectivity index (χ4n) is 1.84. The molecule has 0 aromatic rings. The van der Waals surface area contributed by atoms with Gasteiger partial charge in [0.25, 0.3) is 0 Å². The predicted molar refractivity (Wildman–Crippen MR) is 81.4 cm³/mol. The summed E-state index contributed by atoms with van der Waals surface area (Å²) in [7, 11) is 0. The summed E-state index contributed by atoms with van der Waals surface area (Å²) >= 11 is 0. The zero-order valence-corrected chi connectivity index (χ0v) is 12.5. The first kappa shape index (κ1) is 18.8. The number of aliphatic carboxylic acids is 1. The molecule has 0 fully saturated rings. The van der Waals surface area contributed by atoms with Crippen molar-refractivity contribution in [3.8, 4) is 0 Å². The molecule has 1 unspecified atom stereocenters. The van der Waals surface area contributed by atoms with Crippen LogP contribution in [0.5, 0.6) is 0 Å². The Hall–Kier alpha value is -2.17. The number of carbonyl (C=O) groups excluding carboxylic acids is 2. The summed E-state index contributed by atoms with van der Waals surface area (Å²) in [6, 6.07) is 0. The van der Waals surface area contributed by atoms with Crippen LogP contribution in [0, 0.1) is 11.8 Å². The van der Waals surface area contributed by atoms with Crippen LogP contribution in [0.4, 0.5) is 0 Å². The molecule has 0 saturated heterocycles. The van der Waals surface area contributed by atoms with E-state index in [-0.39, 0.29) is 30.5 Å². The Morgan fingerprint density at radius 1 is 1.29 bits per heavy atom. The van der Waals surface area contributed by atoms with E-state index in [0.29, 0.717) is 6.42 Å². The number of hydrogen-bond donors (Lipinski definition) is 2. The van der Waals surface area contributed by atoms with Crippen molar-refractivity contribution < 1.29 is 19.5 Å². The third-order valence-electron chi connectivity index (χ3n) is 2.99. The highest BCUT2D eigenvalue weighted by atomic mass is 16.4. The molecule has 3 N–H and O–H groups in total. The van der Waals surface area contributed by atoms with Crippen molar-refractivity contribution in [2.24, 2.45) is 17.6 Å². The third-order valence-corrected chi connectivity index (χ3v) is 2.99. The number of ketones is 1. The van der Waals surface area contributed by atoms with Crippen LogP contribution in [-0.2, 0) is 14.4 Å². The van der Waals surface area contributed by atoms with Gasteiger partial charge in [0.05, 0.1) is 0 Å². The van der Waals surface area contributed by atoms with E-state index in [1.54, 1.807) is 25.2 Å². The van der Waals surface area contributed by atoms with Crippen LogP contribution in [0.15, 0.2) is 36.5 Å². The first-order chi connectivity index (χ1) is 9.76. The summed E-state index contributed by atoms with van der Waals surface area (Å²) < 4.78 is 0. The Kier molecular flexibility index (Phi) is 8.69. The first-order valence-corrected chi connectivity index (χ1v) is 6.77. The smallest absolute Gasteiger partial charge is 0.303 e. The SMILES string of the molecule is C=C/C(C)=C\[C@@H](C)C(=O)/C=C/CC(CC(N)=O)CC(=O)O. The minimum absolute atomic E-state index is 0.00411. The molecule has 0 aliphatic rings. The Balaban J connectivity index is 4.56. The lowest BCUT2D eigenvalue weighted by Crippen LogP contribution is -2.18. The highest BCUT2D eigenvalue weighted by molar-refractivity contribution is 5.92. The fourth-order valence-corrected chi connectivity index (χ4v) is 1.84. The summed E-state index contributed by atoms with van der Waals surface area (Å²) in [5.74, 6) is -2.26. The summed E-state index contributed by atoms with van der Waals surface area (Å²) in [6.45, 7) is 7.25. The summed E-state index contributed by atoms with van der Waals surface area (Å²) in [5.41, 5.74) is 6.00. The van der Waals surface area contributed by atoms with Crippen molar-refractivity contribution in [1.82, 2.24) is 0 Å². The summed E-state index contributed by atoms with van der Waals surface area (Å²) in [4.78, 5) is 33.4. The van der Waals surface area contributed by atoms with Crippen LogP contribution >= 0.6 is 0 Å². The van der Waals surface area contributed by atoms with Gasteiger partial charge in [-0.25, -0.2) is 0 Å². The van der Waals surface area contributed by atoms with Gasteiger partial charge in [0, 0.05) is 18.8 Å². The number of allylic oxidation sites excluding steroid dienone is 5. The van der Waals surface area contributed by atoms with E-state index in [0.717, 1.165) is 5.57 Å². The summed E-state index contributed by atoms with van der Waals surface area (Å²) in [6.07, 6.45) is 6.68. The van der Waals surface area contributed by atoms with Gasteiger partial charge < -0.3 is 10.8 Å². The second-order valence-corrected chi connectivity index (χ2v) is 5.08. The second-order valence-electron chi connectivity index (χ2n) is 5.08. The average Bonchev–Trinajstić information content (AvgIpc) is 2.36. The Bertz CT molecular complexity index is 447. The molecule has 0 bridgehead atoms. The van der Waals surface area contributed by atoms with Crippen molar-refractivity contribution >= 4 is 17.7 Å². The van der Waals surface area contributed by atoms with E-state index in [1.165, 1.54) is 6.08 Å². The molecule has 2 atom stereocenters. The van der Waals surface area contributed by atoms with Crippen LogP contribution in [0.25, 0.3) is 0 Å². The normalized spacial score (nSPS) is 14.7. The Morgan fingerprint density at radius 2 is 1.90 bits per heavy atom. The maximum atomic E-state index is 11.8. The number of nitrogens with two attached hydrogens (primary N) is 1. The topological polar surface area (TPSA) is 97.5 Å². The maximum absolute atomic E-state index is 11.8. The van der Waals surface area contributed by atoms with Crippen LogP contribution in [-0.4, -0.2) is 22.8 Å². The molecule has 0 aromatic heterocycles. The fraction of sp³-hybridized carbons (Fsp3) is 0.438. The first-order valence-electron chi connectivity index (χ1n) is 6.77. The zero-order valence-electron chi connectivity index (χ0n) is 12.5. The number of carboxylic acids is 1. The molecular weight excluding hydrogens is 270 g/mol. The molecule has 0 rings (SSSR count). The summed E-state index contributed by atoms with van der Waals surface area (Å²) in [5, 5.41) is 8.76. The predicted octanol–water partition coefficient (Wildman–Crippen LogP) is 2.24. The molecule has 5 nitrogen and oxygen atoms in total. The van der Waals surface area contributed by atoms with E-state index in [1.807, 2.05) is 6.92 Å². The molecule has 116 valence electrons. The van der Waals surface area contributed by atoms with Crippen molar-refractivity contribution in [2.45, 2.75) is 33.1 Å². The molecule has 0 aromatic carbocycles. The molecule has 0 aliphatic carbocycles. The van der Waals surface area contributed by atoms with Crippen molar-refractivity contribution in [1.29, 1.82) is 0 Å². The van der Waals surface area contributed by atoms with E-state index in [4.69, 9.17) is 10.8 Å². The lowest BCUT2D eigenvalue weighted by molar-refractivity contribution is -0.138. The van der Waals surface area contributed by atoms with Gasteiger partial charge in [-0.2, -0.15) is 0 Å². The van der Waals surface area contributed by atoms with Crippen LogP contribution in [0.1, 0.15) is 33.1 Å². The molecule has 21 heavy (non-hydrogen) atoms. The monoisotopic (exact) mass is 293 g/mol. The Labute approximate surface area is 125 Å². The molecular formula is C16H23NO4. The average molecular weight is 293 g/mol. The van der Waals surface area contributed by atoms with Crippen molar-refractivity contribution in [3.63, 3.8) is 0 Å². The second kappa shape index (κ2) is 9.69. The van der Waals surface area contributed by atoms with E-state index in [9.17, 15) is 14.4 Å². The van der Waals surface area contributed by atoms with E-state index in [2.05, 4.69) is 6.58 Å². The zero-order chi connectivity index (χ0) is 16.4. The van der Waals surface area contributed by atoms with Gasteiger partial charge in [-0.1, -0.05) is 37.3 Å². The third kappa shape index (κ3) is 9.38. The standard InChI is InChI=1S/C16H23NO4/c1-4-11(2)8-12(3)14(18)7-5-6-13(9-15(17)19)10-16(20)21/h4-5,7-8,12-13H,1,6,9-10H2,2-3H3,(H2,17,19)(H,20,21)/b7-5+,11-8-/t12-,13?/m1/s1.